The van der Waals surface area contributed by atoms with Gasteiger partial charge in [-0.15, -0.1) is 0 Å². The Bertz CT molecular complexity index is 1230. The lowest BCUT2D eigenvalue weighted by atomic mass is 10.1. The maximum Gasteiger partial charge on any atom is 0.337 e. The topological polar surface area (TPSA) is 84.0 Å². The summed E-state index contributed by atoms with van der Waals surface area (Å²) >= 11 is 0. The van der Waals surface area contributed by atoms with E-state index in [2.05, 4.69) is 28.1 Å². The summed E-state index contributed by atoms with van der Waals surface area (Å²) in [4.78, 5) is 24.2. The third-order valence-corrected chi connectivity index (χ3v) is 5.61. The van der Waals surface area contributed by atoms with Crippen LogP contribution in [0.15, 0.2) is 42.6 Å². The van der Waals surface area contributed by atoms with Gasteiger partial charge in [0.05, 0.1) is 35.4 Å². The van der Waals surface area contributed by atoms with Crippen LogP contribution in [0.2, 0.25) is 0 Å². The number of nitrogens with one attached hydrogen (secondary N) is 1. The number of rotatable bonds is 3. The summed E-state index contributed by atoms with van der Waals surface area (Å²) in [5.41, 5.74) is 4.74. The van der Waals surface area contributed by atoms with Gasteiger partial charge in [0.2, 0.25) is 0 Å². The highest BCUT2D eigenvalue weighted by atomic mass is 16.5. The zero-order valence-electron chi connectivity index (χ0n) is 16.3. The molecular formula is C22H21N5O2. The number of carbonyl (C=O) groups excluding carboxylic acids is 1. The van der Waals surface area contributed by atoms with Gasteiger partial charge in [0.15, 0.2) is 5.82 Å². The van der Waals surface area contributed by atoms with Gasteiger partial charge in [-0.2, -0.15) is 5.10 Å². The first kappa shape index (κ1) is 17.6. The van der Waals surface area contributed by atoms with Crippen LogP contribution >= 0.6 is 0 Å². The summed E-state index contributed by atoms with van der Waals surface area (Å²) in [5, 5.41) is 8.14. The predicted octanol–water partition coefficient (Wildman–Crippen LogP) is 3.95. The van der Waals surface area contributed by atoms with Crippen molar-refractivity contribution in [1.82, 2.24) is 20.2 Å². The number of carbonyl (C=O) groups is 1. The third kappa shape index (κ3) is 2.99. The second kappa shape index (κ2) is 6.84. The number of hydrogen-bond acceptors (Lipinski definition) is 6. The predicted molar refractivity (Wildman–Crippen MR) is 112 cm³/mol. The molecule has 7 nitrogen and oxygen atoms in total. The minimum absolute atomic E-state index is 0.376. The van der Waals surface area contributed by atoms with Crippen LogP contribution in [0.25, 0.3) is 33.2 Å². The fourth-order valence-electron chi connectivity index (χ4n) is 4.02. The minimum Gasteiger partial charge on any atom is -0.465 e. The number of fused-ring (bicyclic) bond motifs is 2. The van der Waals surface area contributed by atoms with Crippen molar-refractivity contribution in [3.8, 4) is 11.3 Å². The van der Waals surface area contributed by atoms with Crippen LogP contribution in [0.4, 0.5) is 5.82 Å². The number of methoxy groups -OCH3 is 1. The van der Waals surface area contributed by atoms with Crippen molar-refractivity contribution in [3.63, 3.8) is 0 Å². The van der Waals surface area contributed by atoms with E-state index in [0.29, 0.717) is 17.1 Å². The highest BCUT2D eigenvalue weighted by molar-refractivity contribution is 5.95. The molecule has 0 saturated carbocycles. The molecule has 1 unspecified atom stereocenters. The molecule has 5 rings (SSSR count). The SMILES string of the molecule is COC(=O)c1ccc2nc(-c3ccc4[nH]ncc4c3)c(N3CCCC3C)nc2c1. The number of esters is 1. The molecule has 3 heterocycles. The lowest BCUT2D eigenvalue weighted by molar-refractivity contribution is 0.0601. The van der Waals surface area contributed by atoms with Gasteiger partial charge in [0.1, 0.15) is 5.69 Å². The second-order valence-electron chi connectivity index (χ2n) is 7.45. The van der Waals surface area contributed by atoms with E-state index in [4.69, 9.17) is 14.7 Å². The monoisotopic (exact) mass is 387 g/mol. The van der Waals surface area contributed by atoms with Crippen LogP contribution in [0.3, 0.4) is 0 Å². The van der Waals surface area contributed by atoms with Gasteiger partial charge in [0, 0.05) is 23.5 Å². The summed E-state index contributed by atoms with van der Waals surface area (Å²) in [6.45, 7) is 3.16. The number of hydrogen-bond donors (Lipinski definition) is 1. The fraction of sp³-hybridized carbons (Fsp3) is 0.273. The van der Waals surface area contributed by atoms with E-state index in [1.807, 2.05) is 24.4 Å². The van der Waals surface area contributed by atoms with E-state index < -0.39 is 0 Å². The Morgan fingerprint density at radius 2 is 2.07 bits per heavy atom. The molecule has 2 aromatic carbocycles. The molecule has 146 valence electrons. The zero-order chi connectivity index (χ0) is 20.0. The number of aromatic amines is 1. The van der Waals surface area contributed by atoms with E-state index in [-0.39, 0.29) is 5.97 Å². The molecule has 0 amide bonds. The first-order chi connectivity index (χ1) is 14.1. The standard InChI is InChI=1S/C22H21N5O2/c1-13-4-3-9-27(13)21-20(14-5-7-17-16(10-14)12-23-26-17)24-18-8-6-15(22(28)29-2)11-19(18)25-21/h5-8,10-13H,3-4,9H2,1-2H3,(H,23,26). The summed E-state index contributed by atoms with van der Waals surface area (Å²) in [7, 11) is 1.38. The Morgan fingerprint density at radius 3 is 2.86 bits per heavy atom. The molecule has 29 heavy (non-hydrogen) atoms. The maximum atomic E-state index is 11.9. The number of nitrogens with zero attached hydrogens (tertiary/aromatic N) is 4. The van der Waals surface area contributed by atoms with Gasteiger partial charge in [-0.25, -0.2) is 14.8 Å². The van der Waals surface area contributed by atoms with Crippen LogP contribution in [-0.2, 0) is 4.74 Å². The van der Waals surface area contributed by atoms with Gasteiger partial charge < -0.3 is 9.64 Å². The molecule has 1 aliphatic heterocycles. The van der Waals surface area contributed by atoms with Gasteiger partial charge in [-0.3, -0.25) is 5.10 Å². The summed E-state index contributed by atoms with van der Waals surface area (Å²) in [6.07, 6.45) is 4.07. The second-order valence-corrected chi connectivity index (χ2v) is 7.45. The zero-order valence-corrected chi connectivity index (χ0v) is 16.3. The summed E-state index contributed by atoms with van der Waals surface area (Å²) < 4.78 is 4.85. The van der Waals surface area contributed by atoms with Gasteiger partial charge in [-0.05, 0) is 50.1 Å². The molecule has 0 radical (unpaired) electrons. The molecular weight excluding hydrogens is 366 g/mol. The van der Waals surface area contributed by atoms with Crippen molar-refractivity contribution in [1.29, 1.82) is 0 Å². The Morgan fingerprint density at radius 1 is 1.17 bits per heavy atom. The largest absolute Gasteiger partial charge is 0.465 e. The molecule has 1 atom stereocenters. The van der Waals surface area contributed by atoms with Crippen LogP contribution < -0.4 is 4.90 Å². The molecule has 1 fully saturated rings. The average Bonchev–Trinajstić information content (AvgIpc) is 3.39. The van der Waals surface area contributed by atoms with Crippen LogP contribution in [0.5, 0.6) is 0 Å². The van der Waals surface area contributed by atoms with Crippen molar-refractivity contribution in [3.05, 3.63) is 48.2 Å². The molecule has 4 aromatic rings. The first-order valence-electron chi connectivity index (χ1n) is 9.74. The number of H-pyrrole nitrogens is 1. The van der Waals surface area contributed by atoms with Crippen LogP contribution in [-0.4, -0.2) is 45.8 Å². The average molecular weight is 387 g/mol. The number of aromatic nitrogens is 4. The van der Waals surface area contributed by atoms with E-state index in [1.165, 1.54) is 7.11 Å². The molecule has 2 aromatic heterocycles. The smallest absolute Gasteiger partial charge is 0.337 e. The number of anilines is 1. The molecule has 0 aliphatic carbocycles. The maximum absolute atomic E-state index is 11.9. The minimum atomic E-state index is -0.376. The quantitative estimate of drug-likeness (QED) is 0.536. The van der Waals surface area contributed by atoms with E-state index >= 15 is 0 Å². The normalized spacial score (nSPS) is 16.6. The fourth-order valence-corrected chi connectivity index (χ4v) is 4.02. The molecule has 7 heteroatoms. The molecule has 1 N–H and O–H groups in total. The summed E-state index contributed by atoms with van der Waals surface area (Å²) in [6, 6.07) is 11.8. The lowest BCUT2D eigenvalue weighted by Gasteiger charge is -2.25. The van der Waals surface area contributed by atoms with Crippen molar-refractivity contribution >= 4 is 33.7 Å². The van der Waals surface area contributed by atoms with Crippen LogP contribution in [0, 0.1) is 0 Å². The summed E-state index contributed by atoms with van der Waals surface area (Å²) in [5.74, 6) is 0.478. The molecule has 1 aliphatic rings. The molecule has 0 spiro atoms. The van der Waals surface area contributed by atoms with Crippen molar-refractivity contribution in [2.75, 3.05) is 18.6 Å². The Labute approximate surface area is 167 Å². The Kier molecular flexibility index (Phi) is 4.16. The highest BCUT2D eigenvalue weighted by Gasteiger charge is 2.26. The molecule has 1 saturated heterocycles. The van der Waals surface area contributed by atoms with Crippen molar-refractivity contribution in [2.24, 2.45) is 0 Å². The van der Waals surface area contributed by atoms with Crippen LogP contribution in [0.1, 0.15) is 30.1 Å². The van der Waals surface area contributed by atoms with Gasteiger partial charge in [-0.1, -0.05) is 6.07 Å². The molecule has 0 bridgehead atoms. The lowest BCUT2D eigenvalue weighted by Crippen LogP contribution is -2.28. The van der Waals surface area contributed by atoms with E-state index in [0.717, 1.165) is 52.9 Å². The Hall–Kier alpha value is -3.48. The number of ether oxygens (including phenoxy) is 1. The van der Waals surface area contributed by atoms with Gasteiger partial charge in [0.25, 0.3) is 0 Å². The highest BCUT2D eigenvalue weighted by Crippen LogP contribution is 2.35. The van der Waals surface area contributed by atoms with Crippen molar-refractivity contribution < 1.29 is 9.53 Å². The van der Waals surface area contributed by atoms with E-state index in [9.17, 15) is 4.79 Å². The van der Waals surface area contributed by atoms with Crippen molar-refractivity contribution in [2.45, 2.75) is 25.8 Å². The first-order valence-corrected chi connectivity index (χ1v) is 9.74. The van der Waals surface area contributed by atoms with E-state index in [1.54, 1.807) is 12.1 Å². The third-order valence-electron chi connectivity index (χ3n) is 5.61. The Balaban J connectivity index is 1.73. The van der Waals surface area contributed by atoms with Gasteiger partial charge >= 0.3 is 5.97 Å². The number of benzene rings is 2.